The van der Waals surface area contributed by atoms with Crippen molar-refractivity contribution in [1.82, 2.24) is 4.90 Å². The summed E-state index contributed by atoms with van der Waals surface area (Å²) in [7, 11) is 1.75. The predicted octanol–water partition coefficient (Wildman–Crippen LogP) is 3.39. The van der Waals surface area contributed by atoms with E-state index in [1.165, 1.54) is 22.7 Å². The fourth-order valence-corrected chi connectivity index (χ4v) is 3.78. The first kappa shape index (κ1) is 16.1. The number of aryl methyl sites for hydroxylation is 1. The van der Waals surface area contributed by atoms with Gasteiger partial charge in [-0.05, 0) is 34.9 Å². The van der Waals surface area contributed by atoms with Gasteiger partial charge in [0.05, 0.1) is 9.90 Å². The van der Waals surface area contributed by atoms with Crippen molar-refractivity contribution in [2.24, 2.45) is 0 Å². The smallest absolute Gasteiger partial charge is 0.265 e. The summed E-state index contributed by atoms with van der Waals surface area (Å²) in [6.07, 6.45) is 0. The Labute approximate surface area is 136 Å². The van der Waals surface area contributed by atoms with Crippen LogP contribution in [0.2, 0.25) is 5.02 Å². The number of amides is 1. The number of hydrogen-bond donors (Lipinski definition) is 1. The van der Waals surface area contributed by atoms with E-state index >= 15 is 0 Å². The van der Waals surface area contributed by atoms with Crippen LogP contribution >= 0.6 is 34.3 Å². The van der Waals surface area contributed by atoms with E-state index in [1.807, 2.05) is 23.8 Å². The van der Waals surface area contributed by atoms with Crippen LogP contribution in [0.1, 0.15) is 25.7 Å². The Morgan fingerprint density at radius 2 is 2.19 bits per heavy atom. The minimum absolute atomic E-state index is 0.0766. The highest BCUT2D eigenvalue weighted by atomic mass is 35.5. The molecule has 0 saturated carbocycles. The second-order valence-corrected chi connectivity index (χ2v) is 6.67. The average molecular weight is 340 g/mol. The van der Waals surface area contributed by atoms with Crippen molar-refractivity contribution < 1.29 is 9.90 Å². The van der Waals surface area contributed by atoms with E-state index in [1.54, 1.807) is 11.9 Å². The SMILES string of the molecule is Cc1csc(C(=O)N(C)Cc2csc(C#CCO)c2)c1Cl. The van der Waals surface area contributed by atoms with Crippen LogP contribution in [0.4, 0.5) is 0 Å². The van der Waals surface area contributed by atoms with Gasteiger partial charge in [-0.3, -0.25) is 4.79 Å². The molecule has 110 valence electrons. The third-order valence-electron chi connectivity index (χ3n) is 2.80. The van der Waals surface area contributed by atoms with Gasteiger partial charge < -0.3 is 10.0 Å². The van der Waals surface area contributed by atoms with E-state index in [2.05, 4.69) is 11.8 Å². The predicted molar refractivity (Wildman–Crippen MR) is 88.1 cm³/mol. The quantitative estimate of drug-likeness (QED) is 0.871. The molecule has 0 fully saturated rings. The molecule has 0 aliphatic heterocycles. The van der Waals surface area contributed by atoms with Gasteiger partial charge in [-0.15, -0.1) is 22.7 Å². The molecular formula is C15H14ClNO2S2. The lowest BCUT2D eigenvalue weighted by molar-refractivity contribution is 0.0790. The first-order valence-corrected chi connectivity index (χ1v) is 8.33. The molecule has 0 saturated heterocycles. The van der Waals surface area contributed by atoms with Crippen molar-refractivity contribution in [3.05, 3.63) is 42.7 Å². The molecule has 2 heterocycles. The van der Waals surface area contributed by atoms with E-state index in [0.29, 0.717) is 16.4 Å². The van der Waals surface area contributed by atoms with Crippen molar-refractivity contribution in [2.75, 3.05) is 13.7 Å². The van der Waals surface area contributed by atoms with Gasteiger partial charge in [-0.25, -0.2) is 0 Å². The fourth-order valence-electron chi connectivity index (χ4n) is 1.74. The summed E-state index contributed by atoms with van der Waals surface area (Å²) < 4.78 is 0. The standard InChI is InChI=1S/C15H14ClNO2S2/c1-10-8-21-14(13(10)16)15(19)17(2)7-11-6-12(20-9-11)4-3-5-18/h6,8-9,18H,5,7H2,1-2H3. The van der Waals surface area contributed by atoms with Gasteiger partial charge in [0.25, 0.3) is 5.91 Å². The topological polar surface area (TPSA) is 40.5 Å². The normalized spacial score (nSPS) is 10.1. The molecule has 1 amide bonds. The Morgan fingerprint density at radius 1 is 1.43 bits per heavy atom. The van der Waals surface area contributed by atoms with E-state index in [9.17, 15) is 4.79 Å². The van der Waals surface area contributed by atoms with E-state index in [4.69, 9.17) is 16.7 Å². The summed E-state index contributed by atoms with van der Waals surface area (Å²) in [6, 6.07) is 1.93. The minimum atomic E-state index is -0.151. The van der Waals surface area contributed by atoms with Crippen LogP contribution in [0.25, 0.3) is 0 Å². The number of aliphatic hydroxyl groups is 1. The second kappa shape index (κ2) is 7.10. The molecule has 0 aromatic carbocycles. The minimum Gasteiger partial charge on any atom is -0.384 e. The molecule has 6 heteroatoms. The highest BCUT2D eigenvalue weighted by molar-refractivity contribution is 7.13. The lowest BCUT2D eigenvalue weighted by Gasteiger charge is -2.15. The number of nitrogens with zero attached hydrogens (tertiary/aromatic N) is 1. The zero-order valence-electron chi connectivity index (χ0n) is 11.6. The van der Waals surface area contributed by atoms with Crippen molar-refractivity contribution in [3.63, 3.8) is 0 Å². The van der Waals surface area contributed by atoms with Crippen LogP contribution in [-0.2, 0) is 6.54 Å². The van der Waals surface area contributed by atoms with E-state index in [0.717, 1.165) is 16.0 Å². The number of thiophene rings is 2. The zero-order chi connectivity index (χ0) is 15.4. The Kier molecular flexibility index (Phi) is 5.43. The van der Waals surface area contributed by atoms with Crippen LogP contribution in [0.3, 0.4) is 0 Å². The van der Waals surface area contributed by atoms with Crippen LogP contribution in [-0.4, -0.2) is 29.6 Å². The van der Waals surface area contributed by atoms with Crippen LogP contribution in [0.15, 0.2) is 16.8 Å². The summed E-state index contributed by atoms with van der Waals surface area (Å²) in [6.45, 7) is 2.24. The van der Waals surface area contributed by atoms with Crippen molar-refractivity contribution in [1.29, 1.82) is 0 Å². The summed E-state index contributed by atoms with van der Waals surface area (Å²) in [4.78, 5) is 15.5. The highest BCUT2D eigenvalue weighted by Crippen LogP contribution is 2.28. The maximum Gasteiger partial charge on any atom is 0.265 e. The molecule has 0 unspecified atom stereocenters. The second-order valence-electron chi connectivity index (χ2n) is 4.50. The van der Waals surface area contributed by atoms with Crippen LogP contribution < -0.4 is 0 Å². The number of halogens is 1. The molecule has 1 N–H and O–H groups in total. The Bertz CT molecular complexity index is 709. The summed E-state index contributed by atoms with van der Waals surface area (Å²) in [5, 5.41) is 13.1. The van der Waals surface area contributed by atoms with E-state index < -0.39 is 0 Å². The summed E-state index contributed by atoms with van der Waals surface area (Å²) >= 11 is 9.00. The van der Waals surface area contributed by atoms with E-state index in [-0.39, 0.29) is 12.5 Å². The molecule has 2 aromatic heterocycles. The lowest BCUT2D eigenvalue weighted by Crippen LogP contribution is -2.25. The zero-order valence-corrected chi connectivity index (χ0v) is 14.0. The Morgan fingerprint density at radius 3 is 2.81 bits per heavy atom. The molecule has 3 nitrogen and oxygen atoms in total. The summed E-state index contributed by atoms with van der Waals surface area (Å²) in [5.74, 6) is 5.39. The van der Waals surface area contributed by atoms with Crippen molar-refractivity contribution in [2.45, 2.75) is 13.5 Å². The number of hydrogen-bond acceptors (Lipinski definition) is 4. The summed E-state index contributed by atoms with van der Waals surface area (Å²) in [5.41, 5.74) is 1.94. The van der Waals surface area contributed by atoms with Crippen molar-refractivity contribution in [3.8, 4) is 11.8 Å². The third kappa shape index (κ3) is 3.86. The number of carbonyl (C=O) groups excluding carboxylic acids is 1. The fraction of sp³-hybridized carbons (Fsp3) is 0.267. The van der Waals surface area contributed by atoms with Crippen molar-refractivity contribution >= 4 is 40.2 Å². The van der Waals surface area contributed by atoms with Gasteiger partial charge in [-0.2, -0.15) is 0 Å². The van der Waals surface area contributed by atoms with Gasteiger partial charge in [-0.1, -0.05) is 23.4 Å². The van der Waals surface area contributed by atoms with Gasteiger partial charge in [0.2, 0.25) is 0 Å². The highest BCUT2D eigenvalue weighted by Gasteiger charge is 2.18. The maximum atomic E-state index is 12.4. The van der Waals surface area contributed by atoms with Gasteiger partial charge >= 0.3 is 0 Å². The Hall–Kier alpha value is -1.32. The molecule has 0 radical (unpaired) electrons. The molecule has 0 aliphatic rings. The molecule has 0 spiro atoms. The molecular weight excluding hydrogens is 326 g/mol. The molecule has 0 bridgehead atoms. The molecule has 0 atom stereocenters. The maximum absolute atomic E-state index is 12.4. The largest absolute Gasteiger partial charge is 0.384 e. The van der Waals surface area contributed by atoms with Gasteiger partial charge in [0.15, 0.2) is 0 Å². The van der Waals surface area contributed by atoms with Crippen LogP contribution in [0, 0.1) is 18.8 Å². The number of aliphatic hydroxyl groups excluding tert-OH is 1. The third-order valence-corrected chi connectivity index (χ3v) is 5.38. The number of carbonyl (C=O) groups is 1. The Balaban J connectivity index is 2.07. The molecule has 21 heavy (non-hydrogen) atoms. The lowest BCUT2D eigenvalue weighted by atomic mass is 10.2. The molecule has 0 aliphatic carbocycles. The average Bonchev–Trinajstić information content (AvgIpc) is 3.04. The van der Waals surface area contributed by atoms with Crippen LogP contribution in [0.5, 0.6) is 0 Å². The van der Waals surface area contributed by atoms with Gasteiger partial charge in [0.1, 0.15) is 11.5 Å². The monoisotopic (exact) mass is 339 g/mol. The molecule has 2 rings (SSSR count). The van der Waals surface area contributed by atoms with Gasteiger partial charge in [0, 0.05) is 13.6 Å². The molecule has 2 aromatic rings. The first-order chi connectivity index (χ1) is 10.0. The first-order valence-electron chi connectivity index (χ1n) is 6.19. The number of rotatable bonds is 3.